The number of carbonyl (C=O) groups is 4. The molecular weight excluding hydrogens is 492 g/mol. The number of Topliss-reactive ketones (excluding diaryl/α,β-unsaturated/α-hetero) is 2. The summed E-state index contributed by atoms with van der Waals surface area (Å²) in [5.41, 5.74) is 2.84. The van der Waals surface area contributed by atoms with Gasteiger partial charge in [-0.25, -0.2) is 4.90 Å². The average molecular weight is 519 g/mol. The summed E-state index contributed by atoms with van der Waals surface area (Å²) in [6.45, 7) is 1.93. The van der Waals surface area contributed by atoms with Crippen LogP contribution in [0.3, 0.4) is 0 Å². The van der Waals surface area contributed by atoms with Crippen molar-refractivity contribution in [1.29, 1.82) is 0 Å². The molecule has 3 aromatic rings. The van der Waals surface area contributed by atoms with E-state index in [4.69, 9.17) is 4.74 Å². The van der Waals surface area contributed by atoms with E-state index in [1.165, 1.54) is 4.90 Å². The molecule has 2 fully saturated rings. The van der Waals surface area contributed by atoms with Crippen LogP contribution in [0.2, 0.25) is 0 Å². The number of nitrogens with zero attached hydrogens (tertiary/aromatic N) is 2. The second-order valence-electron chi connectivity index (χ2n) is 10.0. The molecule has 0 bridgehead atoms. The summed E-state index contributed by atoms with van der Waals surface area (Å²) in [5, 5.41) is 0. The minimum absolute atomic E-state index is 0.180. The molecule has 0 aromatic heterocycles. The highest BCUT2D eigenvalue weighted by molar-refractivity contribution is 6.25. The molecule has 3 heterocycles. The van der Waals surface area contributed by atoms with Crippen molar-refractivity contribution in [2.75, 3.05) is 12.0 Å². The number of aryl methyl sites for hydroxylation is 1. The number of carbonyl (C=O) groups excluding carboxylic acids is 4. The zero-order chi connectivity index (χ0) is 27.3. The highest BCUT2D eigenvalue weighted by atomic mass is 16.5. The van der Waals surface area contributed by atoms with Crippen LogP contribution in [-0.4, -0.2) is 47.5 Å². The molecule has 194 valence electrons. The molecule has 3 aliphatic heterocycles. The van der Waals surface area contributed by atoms with Crippen molar-refractivity contribution in [3.63, 3.8) is 0 Å². The third kappa shape index (κ3) is 3.98. The van der Waals surface area contributed by atoms with Gasteiger partial charge in [0.25, 0.3) is 0 Å². The third-order valence-corrected chi connectivity index (χ3v) is 7.78. The van der Waals surface area contributed by atoms with Crippen LogP contribution in [0.1, 0.15) is 26.3 Å². The fraction of sp³-hybridized carbons (Fsp3) is 0.188. The van der Waals surface area contributed by atoms with Crippen molar-refractivity contribution in [3.8, 4) is 5.75 Å². The van der Waals surface area contributed by atoms with Gasteiger partial charge in [-0.05, 0) is 49.4 Å². The van der Waals surface area contributed by atoms with Gasteiger partial charge in [-0.1, -0.05) is 54.1 Å². The second kappa shape index (κ2) is 9.51. The second-order valence-corrected chi connectivity index (χ2v) is 10.0. The van der Waals surface area contributed by atoms with E-state index in [1.807, 2.05) is 25.1 Å². The molecule has 0 spiro atoms. The fourth-order valence-electron chi connectivity index (χ4n) is 5.83. The summed E-state index contributed by atoms with van der Waals surface area (Å²) in [6.07, 6.45) is 5.08. The van der Waals surface area contributed by atoms with E-state index in [0.717, 1.165) is 5.56 Å². The molecule has 2 amide bonds. The maximum atomic E-state index is 13.9. The molecule has 0 radical (unpaired) electrons. The van der Waals surface area contributed by atoms with Crippen LogP contribution in [0.25, 0.3) is 0 Å². The number of imide groups is 1. The number of allylic oxidation sites excluding steroid dienone is 2. The molecule has 4 unspecified atom stereocenters. The molecule has 7 nitrogen and oxygen atoms in total. The first-order chi connectivity index (χ1) is 18.9. The largest absolute Gasteiger partial charge is 0.497 e. The Bertz CT molecular complexity index is 1540. The zero-order valence-electron chi connectivity index (χ0n) is 21.5. The normalized spacial score (nSPS) is 23.4. The van der Waals surface area contributed by atoms with Crippen molar-refractivity contribution in [3.05, 3.63) is 119 Å². The number of ether oxygens (including phenoxy) is 1. The minimum atomic E-state index is -0.902. The molecule has 4 atom stereocenters. The quantitative estimate of drug-likeness (QED) is 0.356. The van der Waals surface area contributed by atoms with E-state index < -0.39 is 29.8 Å². The lowest BCUT2D eigenvalue weighted by Crippen LogP contribution is -2.46. The van der Waals surface area contributed by atoms with Crippen LogP contribution in [-0.2, 0) is 9.59 Å². The van der Waals surface area contributed by atoms with Gasteiger partial charge in [0.2, 0.25) is 11.8 Å². The number of hydrogen-bond acceptors (Lipinski definition) is 6. The summed E-state index contributed by atoms with van der Waals surface area (Å²) in [6, 6.07) is 21.3. The first-order valence-electron chi connectivity index (χ1n) is 12.8. The van der Waals surface area contributed by atoms with Crippen molar-refractivity contribution in [2.45, 2.75) is 19.0 Å². The van der Waals surface area contributed by atoms with E-state index in [0.29, 0.717) is 28.1 Å². The number of hydrogen-bond donors (Lipinski definition) is 0. The van der Waals surface area contributed by atoms with Crippen LogP contribution in [0, 0.1) is 18.8 Å². The Kier molecular flexibility index (Phi) is 5.99. The standard InChI is InChI=1S/C32H26N2O5/c1-19-8-12-23(13-9-19)34-31(37)26-25-18-22(29(35)20-6-4-3-5-7-20)16-17-33(25)28(27(26)32(34)38)30(36)21-10-14-24(39-2)15-11-21/h3-18,25-28H,1-2H3. The van der Waals surface area contributed by atoms with Gasteiger partial charge in [0, 0.05) is 22.9 Å². The Labute approximate surface area is 226 Å². The molecular formula is C32H26N2O5. The van der Waals surface area contributed by atoms with Crippen molar-refractivity contribution in [1.82, 2.24) is 4.90 Å². The Morgan fingerprint density at radius 1 is 0.795 bits per heavy atom. The van der Waals surface area contributed by atoms with Gasteiger partial charge in [-0.2, -0.15) is 0 Å². The van der Waals surface area contributed by atoms with Crippen LogP contribution >= 0.6 is 0 Å². The van der Waals surface area contributed by atoms with E-state index >= 15 is 0 Å². The maximum Gasteiger partial charge on any atom is 0.240 e. The SMILES string of the molecule is COc1ccc(C(=O)C2C3C(=O)N(c4ccc(C)cc4)C(=O)C3C3C=C(C(=O)c4ccccc4)C=CN32)cc1. The topological polar surface area (TPSA) is 84.0 Å². The first-order valence-corrected chi connectivity index (χ1v) is 12.8. The molecule has 0 aliphatic carbocycles. The van der Waals surface area contributed by atoms with Crippen LogP contribution < -0.4 is 9.64 Å². The first kappa shape index (κ1) is 24.6. The Balaban J connectivity index is 1.42. The molecule has 6 rings (SSSR count). The van der Waals surface area contributed by atoms with Gasteiger partial charge >= 0.3 is 0 Å². The monoisotopic (exact) mass is 518 g/mol. The van der Waals surface area contributed by atoms with E-state index in [2.05, 4.69) is 0 Å². The number of amides is 2. The molecule has 0 saturated carbocycles. The Morgan fingerprint density at radius 2 is 1.46 bits per heavy atom. The maximum absolute atomic E-state index is 13.9. The van der Waals surface area contributed by atoms with Crippen LogP contribution in [0.5, 0.6) is 5.75 Å². The number of ketones is 2. The van der Waals surface area contributed by atoms with Gasteiger partial charge in [0.05, 0.1) is 30.7 Å². The van der Waals surface area contributed by atoms with Gasteiger partial charge in [-0.15, -0.1) is 0 Å². The molecule has 3 aliphatic rings. The zero-order valence-corrected chi connectivity index (χ0v) is 21.5. The van der Waals surface area contributed by atoms with Crippen molar-refractivity contribution >= 4 is 29.1 Å². The van der Waals surface area contributed by atoms with Crippen molar-refractivity contribution in [2.24, 2.45) is 11.8 Å². The predicted molar refractivity (Wildman–Crippen MR) is 145 cm³/mol. The van der Waals surface area contributed by atoms with Gasteiger partial charge in [-0.3, -0.25) is 19.2 Å². The summed E-state index contributed by atoms with van der Waals surface area (Å²) < 4.78 is 5.22. The smallest absolute Gasteiger partial charge is 0.240 e. The molecule has 2 saturated heterocycles. The average Bonchev–Trinajstić information content (AvgIpc) is 3.44. The van der Waals surface area contributed by atoms with Crippen LogP contribution in [0.15, 0.2) is 103 Å². The van der Waals surface area contributed by atoms with E-state index in [1.54, 1.807) is 91.0 Å². The van der Waals surface area contributed by atoms with Gasteiger partial charge in [0.1, 0.15) is 11.8 Å². The predicted octanol–water partition coefficient (Wildman–Crippen LogP) is 4.38. The summed E-state index contributed by atoms with van der Waals surface area (Å²) in [5.74, 6) is -2.32. The lowest BCUT2D eigenvalue weighted by molar-refractivity contribution is -0.123. The molecule has 3 aromatic carbocycles. The molecule has 0 N–H and O–H groups in total. The minimum Gasteiger partial charge on any atom is -0.497 e. The summed E-state index contributed by atoms with van der Waals surface area (Å²) in [4.78, 5) is 58.0. The lowest BCUT2D eigenvalue weighted by atomic mass is 9.85. The number of rotatable bonds is 6. The number of benzene rings is 3. The number of fused-ring (bicyclic) bond motifs is 3. The van der Waals surface area contributed by atoms with E-state index in [9.17, 15) is 19.2 Å². The summed E-state index contributed by atoms with van der Waals surface area (Å²) >= 11 is 0. The lowest BCUT2D eigenvalue weighted by Gasteiger charge is -2.32. The highest BCUT2D eigenvalue weighted by Gasteiger charge is 2.63. The highest BCUT2D eigenvalue weighted by Crippen LogP contribution is 2.47. The van der Waals surface area contributed by atoms with Gasteiger partial charge < -0.3 is 9.64 Å². The third-order valence-electron chi connectivity index (χ3n) is 7.78. The Hall–Kier alpha value is -4.78. The van der Waals surface area contributed by atoms with Crippen LogP contribution in [0.4, 0.5) is 5.69 Å². The fourth-order valence-corrected chi connectivity index (χ4v) is 5.83. The summed E-state index contributed by atoms with van der Waals surface area (Å²) in [7, 11) is 1.55. The molecule has 39 heavy (non-hydrogen) atoms. The number of methoxy groups -OCH3 is 1. The van der Waals surface area contributed by atoms with E-state index in [-0.39, 0.29) is 17.5 Å². The number of anilines is 1. The Morgan fingerprint density at radius 3 is 2.13 bits per heavy atom. The van der Waals surface area contributed by atoms with Crippen molar-refractivity contribution < 1.29 is 23.9 Å². The van der Waals surface area contributed by atoms with Gasteiger partial charge in [0.15, 0.2) is 11.6 Å². The molecule has 7 heteroatoms.